The molecule has 0 saturated carbocycles. The summed E-state index contributed by atoms with van der Waals surface area (Å²) in [7, 11) is 1.93. The number of hydrogen-bond acceptors (Lipinski definition) is 4. The van der Waals surface area contributed by atoms with Gasteiger partial charge in [-0.05, 0) is 18.6 Å². The van der Waals surface area contributed by atoms with Crippen LogP contribution in [-0.2, 0) is 18.3 Å². The van der Waals surface area contributed by atoms with Gasteiger partial charge in [-0.15, -0.1) is 0 Å². The third-order valence-corrected chi connectivity index (χ3v) is 3.55. The predicted molar refractivity (Wildman–Crippen MR) is 70.4 cm³/mol. The fourth-order valence-electron chi connectivity index (χ4n) is 2.59. The Morgan fingerprint density at radius 2 is 2.47 bits per heavy atom. The average Bonchev–Trinajstić information content (AvgIpc) is 3.10. The lowest BCUT2D eigenvalue weighted by Crippen LogP contribution is -2.24. The van der Waals surface area contributed by atoms with Crippen LogP contribution in [0.5, 0.6) is 0 Å². The van der Waals surface area contributed by atoms with E-state index in [0.717, 1.165) is 31.9 Å². The average molecular weight is 261 g/mol. The van der Waals surface area contributed by atoms with Crippen LogP contribution in [0.25, 0.3) is 0 Å². The second-order valence-electron chi connectivity index (χ2n) is 5.00. The van der Waals surface area contributed by atoms with Crippen molar-refractivity contribution in [3.05, 3.63) is 42.1 Å². The van der Waals surface area contributed by atoms with Gasteiger partial charge in [0.25, 0.3) is 0 Å². The van der Waals surface area contributed by atoms with Crippen LogP contribution in [-0.4, -0.2) is 22.9 Å². The van der Waals surface area contributed by atoms with Gasteiger partial charge in [-0.1, -0.05) is 0 Å². The summed E-state index contributed by atoms with van der Waals surface area (Å²) in [5.41, 5.74) is 1.17. The van der Waals surface area contributed by atoms with Gasteiger partial charge in [0.05, 0.1) is 25.1 Å². The number of aromatic nitrogens is 2. The van der Waals surface area contributed by atoms with Gasteiger partial charge >= 0.3 is 0 Å². The van der Waals surface area contributed by atoms with E-state index in [4.69, 9.17) is 9.15 Å². The van der Waals surface area contributed by atoms with Crippen LogP contribution in [0.2, 0.25) is 0 Å². The Labute approximate surface area is 112 Å². The smallest absolute Gasteiger partial charge is 0.117 e. The van der Waals surface area contributed by atoms with E-state index < -0.39 is 0 Å². The highest BCUT2D eigenvalue weighted by molar-refractivity contribution is 5.11. The largest absolute Gasteiger partial charge is 0.468 e. The van der Waals surface area contributed by atoms with Crippen LogP contribution in [0.4, 0.5) is 0 Å². The van der Waals surface area contributed by atoms with Crippen molar-refractivity contribution in [1.82, 2.24) is 15.1 Å². The molecule has 0 aliphatic carbocycles. The van der Waals surface area contributed by atoms with Crippen molar-refractivity contribution >= 4 is 0 Å². The molecule has 3 heterocycles. The molecule has 1 saturated heterocycles. The van der Waals surface area contributed by atoms with E-state index in [1.54, 1.807) is 6.26 Å². The van der Waals surface area contributed by atoms with Crippen LogP contribution < -0.4 is 5.32 Å². The first kappa shape index (κ1) is 12.4. The second kappa shape index (κ2) is 5.59. The first-order valence-electron chi connectivity index (χ1n) is 6.66. The minimum Gasteiger partial charge on any atom is -0.468 e. The monoisotopic (exact) mass is 261 g/mol. The lowest BCUT2D eigenvalue weighted by molar-refractivity contribution is 0.0903. The number of rotatable bonds is 5. The number of nitrogens with one attached hydrogen (secondary N) is 1. The van der Waals surface area contributed by atoms with Gasteiger partial charge in [0.15, 0.2) is 0 Å². The highest BCUT2D eigenvalue weighted by atomic mass is 16.5. The molecule has 1 aliphatic heterocycles. The maximum atomic E-state index is 5.84. The van der Waals surface area contributed by atoms with Crippen molar-refractivity contribution < 1.29 is 9.15 Å². The summed E-state index contributed by atoms with van der Waals surface area (Å²) >= 11 is 0. The summed E-state index contributed by atoms with van der Waals surface area (Å²) in [5, 5.41) is 7.65. The third kappa shape index (κ3) is 2.88. The number of aryl methyl sites for hydroxylation is 1. The Kier molecular flexibility index (Phi) is 3.66. The molecule has 0 bridgehead atoms. The van der Waals surface area contributed by atoms with Crippen LogP contribution in [0.3, 0.4) is 0 Å². The van der Waals surface area contributed by atoms with E-state index in [0.29, 0.717) is 5.92 Å². The molecule has 0 aromatic carbocycles. The zero-order valence-electron chi connectivity index (χ0n) is 11.1. The summed E-state index contributed by atoms with van der Waals surface area (Å²) in [6.07, 6.45) is 6.89. The molecule has 1 fully saturated rings. The fraction of sp³-hybridized carbons (Fsp3) is 0.500. The van der Waals surface area contributed by atoms with E-state index in [-0.39, 0.29) is 6.10 Å². The lowest BCUT2D eigenvalue weighted by atomic mass is 9.97. The molecule has 2 aromatic rings. The SMILES string of the molecule is Cn1cc([C@@H]2OCC[C@H]2CNCc2ccco2)cn1. The van der Waals surface area contributed by atoms with E-state index in [2.05, 4.69) is 10.4 Å². The van der Waals surface area contributed by atoms with Crippen molar-refractivity contribution in [3.8, 4) is 0 Å². The fourth-order valence-corrected chi connectivity index (χ4v) is 2.59. The maximum Gasteiger partial charge on any atom is 0.117 e. The highest BCUT2D eigenvalue weighted by Crippen LogP contribution is 2.33. The standard InChI is InChI=1S/C14H19N3O2/c1-17-10-12(8-16-17)14-11(4-6-19-14)7-15-9-13-3-2-5-18-13/h2-3,5,8,10-11,14-15H,4,6-7,9H2,1H3/t11-,14+/m0/s1. The van der Waals surface area contributed by atoms with Crippen molar-refractivity contribution in [2.75, 3.05) is 13.2 Å². The van der Waals surface area contributed by atoms with Crippen molar-refractivity contribution in [2.24, 2.45) is 13.0 Å². The van der Waals surface area contributed by atoms with Gasteiger partial charge < -0.3 is 14.5 Å². The van der Waals surface area contributed by atoms with Gasteiger partial charge in [0.2, 0.25) is 0 Å². The second-order valence-corrected chi connectivity index (χ2v) is 5.00. The minimum atomic E-state index is 0.165. The maximum absolute atomic E-state index is 5.84. The summed E-state index contributed by atoms with van der Waals surface area (Å²) < 4.78 is 13.0. The van der Waals surface area contributed by atoms with E-state index in [1.807, 2.05) is 36.3 Å². The molecule has 5 nitrogen and oxygen atoms in total. The Hall–Kier alpha value is -1.59. The molecule has 0 amide bonds. The molecule has 5 heteroatoms. The van der Waals surface area contributed by atoms with Gasteiger partial charge in [0.1, 0.15) is 5.76 Å². The Bertz CT molecular complexity index is 507. The Morgan fingerprint density at radius 3 is 3.21 bits per heavy atom. The predicted octanol–water partition coefficient (Wildman–Crippen LogP) is 1.88. The van der Waals surface area contributed by atoms with E-state index >= 15 is 0 Å². The minimum absolute atomic E-state index is 0.165. The molecule has 0 unspecified atom stereocenters. The number of nitrogens with zero attached hydrogens (tertiary/aromatic N) is 2. The summed E-state index contributed by atoms with van der Waals surface area (Å²) in [5.74, 6) is 1.47. The quantitative estimate of drug-likeness (QED) is 0.893. The summed E-state index contributed by atoms with van der Waals surface area (Å²) in [6.45, 7) is 2.52. The van der Waals surface area contributed by atoms with Gasteiger partial charge in [-0.25, -0.2) is 0 Å². The number of furan rings is 1. The molecule has 0 spiro atoms. The summed E-state index contributed by atoms with van der Waals surface area (Å²) in [4.78, 5) is 0. The van der Waals surface area contributed by atoms with Crippen molar-refractivity contribution in [1.29, 1.82) is 0 Å². The third-order valence-electron chi connectivity index (χ3n) is 3.55. The molecular weight excluding hydrogens is 242 g/mol. The van der Waals surface area contributed by atoms with Gasteiger partial charge in [0, 0.05) is 37.9 Å². The molecule has 0 radical (unpaired) electrons. The van der Waals surface area contributed by atoms with Crippen molar-refractivity contribution in [2.45, 2.75) is 19.1 Å². The zero-order valence-corrected chi connectivity index (χ0v) is 11.1. The molecule has 1 aliphatic rings. The number of ether oxygens (including phenoxy) is 1. The number of hydrogen-bond donors (Lipinski definition) is 1. The molecule has 2 atom stereocenters. The lowest BCUT2D eigenvalue weighted by Gasteiger charge is -2.17. The highest BCUT2D eigenvalue weighted by Gasteiger charge is 2.30. The molecule has 2 aromatic heterocycles. The Morgan fingerprint density at radius 1 is 1.53 bits per heavy atom. The van der Waals surface area contributed by atoms with Gasteiger partial charge in [-0.2, -0.15) is 5.10 Å². The van der Waals surface area contributed by atoms with E-state index in [1.165, 1.54) is 5.56 Å². The van der Waals surface area contributed by atoms with Gasteiger partial charge in [-0.3, -0.25) is 4.68 Å². The molecule has 3 rings (SSSR count). The molecular formula is C14H19N3O2. The summed E-state index contributed by atoms with van der Waals surface area (Å²) in [6, 6.07) is 3.89. The Balaban J connectivity index is 1.55. The first-order valence-corrected chi connectivity index (χ1v) is 6.66. The molecule has 19 heavy (non-hydrogen) atoms. The van der Waals surface area contributed by atoms with E-state index in [9.17, 15) is 0 Å². The van der Waals surface area contributed by atoms with Crippen LogP contribution in [0, 0.1) is 5.92 Å². The van der Waals surface area contributed by atoms with Crippen molar-refractivity contribution in [3.63, 3.8) is 0 Å². The van der Waals surface area contributed by atoms with Crippen LogP contribution >= 0.6 is 0 Å². The molecule has 102 valence electrons. The molecule has 1 N–H and O–H groups in total. The van der Waals surface area contributed by atoms with Crippen LogP contribution in [0.1, 0.15) is 23.8 Å². The zero-order chi connectivity index (χ0) is 13.1. The first-order chi connectivity index (χ1) is 9.33. The topological polar surface area (TPSA) is 52.2 Å². The normalized spacial score (nSPS) is 23.0. The van der Waals surface area contributed by atoms with Crippen LogP contribution in [0.15, 0.2) is 35.2 Å².